The Morgan fingerprint density at radius 3 is 2.44 bits per heavy atom. The van der Waals surface area contributed by atoms with Crippen LogP contribution in [0.3, 0.4) is 0 Å². The van der Waals surface area contributed by atoms with E-state index in [1.807, 2.05) is 0 Å². The third-order valence-corrected chi connectivity index (χ3v) is 3.21. The third-order valence-electron chi connectivity index (χ3n) is 3.21. The van der Waals surface area contributed by atoms with Gasteiger partial charge in [0.15, 0.2) is 0 Å². The van der Waals surface area contributed by atoms with Crippen LogP contribution in [0.15, 0.2) is 0 Å². The van der Waals surface area contributed by atoms with Gasteiger partial charge in [0, 0.05) is 18.7 Å². The summed E-state index contributed by atoms with van der Waals surface area (Å²) in [5, 5.41) is 3.52. The first-order valence-electron chi connectivity index (χ1n) is 6.80. The van der Waals surface area contributed by atoms with Crippen molar-refractivity contribution in [2.45, 2.75) is 58.9 Å². The molecule has 0 heterocycles. The van der Waals surface area contributed by atoms with E-state index in [2.05, 4.69) is 33.0 Å². The van der Waals surface area contributed by atoms with Gasteiger partial charge in [0.25, 0.3) is 0 Å². The van der Waals surface area contributed by atoms with Gasteiger partial charge in [-0.2, -0.15) is 0 Å². The molecule has 0 aliphatic heterocycles. The second-order valence-corrected chi connectivity index (χ2v) is 6.42. The van der Waals surface area contributed by atoms with Crippen LogP contribution in [-0.4, -0.2) is 25.3 Å². The minimum atomic E-state index is 0.222. The molecule has 0 aromatic rings. The molecule has 1 aliphatic carbocycles. The fourth-order valence-electron chi connectivity index (χ4n) is 2.15. The highest BCUT2D eigenvalue weighted by Gasteiger charge is 2.16. The summed E-state index contributed by atoms with van der Waals surface area (Å²) in [7, 11) is 0. The summed E-state index contributed by atoms with van der Waals surface area (Å²) < 4.78 is 5.80. The number of nitrogens with one attached hydrogen (secondary N) is 1. The molecule has 1 unspecified atom stereocenters. The Morgan fingerprint density at radius 1 is 1.25 bits per heavy atom. The average molecular weight is 227 g/mol. The van der Waals surface area contributed by atoms with Crippen molar-refractivity contribution in [1.29, 1.82) is 0 Å². The highest BCUT2D eigenvalue weighted by molar-refractivity contribution is 4.72. The average Bonchev–Trinajstić information content (AvgIpc) is 2.66. The maximum atomic E-state index is 5.80. The van der Waals surface area contributed by atoms with Crippen LogP contribution < -0.4 is 5.32 Å². The molecule has 0 radical (unpaired) electrons. The summed E-state index contributed by atoms with van der Waals surface area (Å²) >= 11 is 0. The van der Waals surface area contributed by atoms with E-state index in [0.29, 0.717) is 5.92 Å². The molecule has 0 aromatic heterocycles. The van der Waals surface area contributed by atoms with Crippen LogP contribution in [0.25, 0.3) is 0 Å². The molecule has 96 valence electrons. The zero-order chi connectivity index (χ0) is 12.0. The molecule has 2 heteroatoms. The SMILES string of the molecule is CC(CNC(C)(C)C)COCC1CCCC1. The minimum absolute atomic E-state index is 0.222. The van der Waals surface area contributed by atoms with Crippen molar-refractivity contribution in [2.75, 3.05) is 19.8 Å². The third kappa shape index (κ3) is 6.49. The molecule has 1 saturated carbocycles. The molecule has 0 saturated heterocycles. The Bertz CT molecular complexity index is 180. The van der Waals surface area contributed by atoms with Gasteiger partial charge in [0.1, 0.15) is 0 Å². The maximum Gasteiger partial charge on any atom is 0.0503 e. The van der Waals surface area contributed by atoms with E-state index in [-0.39, 0.29) is 5.54 Å². The smallest absolute Gasteiger partial charge is 0.0503 e. The summed E-state index contributed by atoms with van der Waals surface area (Å²) in [6.45, 7) is 11.8. The van der Waals surface area contributed by atoms with Crippen LogP contribution in [-0.2, 0) is 4.74 Å². The fourth-order valence-corrected chi connectivity index (χ4v) is 2.15. The van der Waals surface area contributed by atoms with Crippen molar-refractivity contribution in [2.24, 2.45) is 11.8 Å². The zero-order valence-electron chi connectivity index (χ0n) is 11.5. The molecule has 1 atom stereocenters. The highest BCUT2D eigenvalue weighted by atomic mass is 16.5. The molecule has 1 rings (SSSR count). The van der Waals surface area contributed by atoms with Crippen molar-refractivity contribution in [1.82, 2.24) is 5.32 Å². The van der Waals surface area contributed by atoms with Crippen LogP contribution in [0.5, 0.6) is 0 Å². The Hall–Kier alpha value is -0.0800. The van der Waals surface area contributed by atoms with Gasteiger partial charge in [-0.25, -0.2) is 0 Å². The second-order valence-electron chi connectivity index (χ2n) is 6.42. The van der Waals surface area contributed by atoms with Crippen LogP contribution in [0.4, 0.5) is 0 Å². The number of ether oxygens (including phenoxy) is 1. The summed E-state index contributed by atoms with van der Waals surface area (Å²) in [4.78, 5) is 0. The van der Waals surface area contributed by atoms with Crippen LogP contribution in [0.1, 0.15) is 53.4 Å². The van der Waals surface area contributed by atoms with Gasteiger partial charge in [0.2, 0.25) is 0 Å². The first kappa shape index (κ1) is 14.0. The molecule has 1 N–H and O–H groups in total. The molecule has 2 nitrogen and oxygen atoms in total. The highest BCUT2D eigenvalue weighted by Crippen LogP contribution is 2.24. The number of hydrogen-bond acceptors (Lipinski definition) is 2. The Labute approximate surface area is 101 Å². The summed E-state index contributed by atoms with van der Waals surface area (Å²) in [6, 6.07) is 0. The Morgan fingerprint density at radius 2 is 1.88 bits per heavy atom. The molecular formula is C14H29NO. The Balaban J connectivity index is 1.99. The summed E-state index contributed by atoms with van der Waals surface area (Å²) in [6.07, 6.45) is 5.59. The van der Waals surface area contributed by atoms with Gasteiger partial charge < -0.3 is 10.1 Å². The van der Waals surface area contributed by atoms with Gasteiger partial charge in [-0.1, -0.05) is 19.8 Å². The van der Waals surface area contributed by atoms with E-state index < -0.39 is 0 Å². The van der Waals surface area contributed by atoms with E-state index in [1.165, 1.54) is 25.7 Å². The largest absolute Gasteiger partial charge is 0.381 e. The fraction of sp³-hybridized carbons (Fsp3) is 1.00. The van der Waals surface area contributed by atoms with Crippen molar-refractivity contribution in [3.63, 3.8) is 0 Å². The predicted octanol–water partition coefficient (Wildman–Crippen LogP) is 3.22. The van der Waals surface area contributed by atoms with Crippen molar-refractivity contribution in [3.05, 3.63) is 0 Å². The van der Waals surface area contributed by atoms with E-state index in [9.17, 15) is 0 Å². The van der Waals surface area contributed by atoms with E-state index in [0.717, 1.165) is 25.7 Å². The molecule has 16 heavy (non-hydrogen) atoms. The van der Waals surface area contributed by atoms with Gasteiger partial charge in [-0.15, -0.1) is 0 Å². The topological polar surface area (TPSA) is 21.3 Å². The summed E-state index contributed by atoms with van der Waals surface area (Å²) in [5.74, 6) is 1.46. The zero-order valence-corrected chi connectivity index (χ0v) is 11.5. The number of hydrogen-bond donors (Lipinski definition) is 1. The quantitative estimate of drug-likeness (QED) is 0.752. The van der Waals surface area contributed by atoms with E-state index >= 15 is 0 Å². The molecule has 0 bridgehead atoms. The normalized spacial score (nSPS) is 20.2. The van der Waals surface area contributed by atoms with E-state index in [4.69, 9.17) is 4.74 Å². The molecule has 0 spiro atoms. The summed E-state index contributed by atoms with van der Waals surface area (Å²) in [5.41, 5.74) is 0.222. The molecule has 0 aromatic carbocycles. The predicted molar refractivity (Wildman–Crippen MR) is 69.7 cm³/mol. The molecular weight excluding hydrogens is 198 g/mol. The second kappa shape index (κ2) is 6.61. The van der Waals surface area contributed by atoms with Crippen molar-refractivity contribution in [3.8, 4) is 0 Å². The van der Waals surface area contributed by atoms with Crippen LogP contribution >= 0.6 is 0 Å². The lowest BCUT2D eigenvalue weighted by molar-refractivity contribution is 0.0752. The lowest BCUT2D eigenvalue weighted by atomic mass is 10.1. The molecule has 1 aliphatic rings. The monoisotopic (exact) mass is 227 g/mol. The first-order chi connectivity index (χ1) is 7.47. The van der Waals surface area contributed by atoms with Gasteiger partial charge in [-0.05, 0) is 45.4 Å². The lowest BCUT2D eigenvalue weighted by Crippen LogP contribution is -2.39. The van der Waals surface area contributed by atoms with Crippen LogP contribution in [0.2, 0.25) is 0 Å². The van der Waals surface area contributed by atoms with E-state index in [1.54, 1.807) is 0 Å². The molecule has 0 amide bonds. The van der Waals surface area contributed by atoms with Gasteiger partial charge in [0.05, 0.1) is 6.61 Å². The molecule has 1 fully saturated rings. The Kier molecular flexibility index (Phi) is 5.77. The van der Waals surface area contributed by atoms with Crippen molar-refractivity contribution < 1.29 is 4.74 Å². The maximum absolute atomic E-state index is 5.80. The minimum Gasteiger partial charge on any atom is -0.381 e. The number of rotatable bonds is 6. The van der Waals surface area contributed by atoms with Gasteiger partial charge in [-0.3, -0.25) is 0 Å². The van der Waals surface area contributed by atoms with Gasteiger partial charge >= 0.3 is 0 Å². The first-order valence-corrected chi connectivity index (χ1v) is 6.80. The van der Waals surface area contributed by atoms with Crippen molar-refractivity contribution >= 4 is 0 Å². The van der Waals surface area contributed by atoms with Crippen LogP contribution in [0, 0.1) is 11.8 Å². The lowest BCUT2D eigenvalue weighted by Gasteiger charge is -2.23. The standard InChI is InChI=1S/C14H29NO/c1-12(9-15-14(2,3)4)10-16-11-13-7-5-6-8-13/h12-13,15H,5-11H2,1-4H3.